The summed E-state index contributed by atoms with van der Waals surface area (Å²) < 4.78 is 0. The van der Waals surface area contributed by atoms with E-state index in [0.717, 1.165) is 6.08 Å². The van der Waals surface area contributed by atoms with E-state index >= 15 is 0 Å². The Balaban J connectivity index is 3.11. The highest BCUT2D eigenvalue weighted by atomic mass is 35.5. The van der Waals surface area contributed by atoms with E-state index in [9.17, 15) is 14.9 Å². The van der Waals surface area contributed by atoms with Crippen LogP contribution < -0.4 is 0 Å². The zero-order chi connectivity index (χ0) is 11.4. The summed E-state index contributed by atoms with van der Waals surface area (Å²) in [6.45, 7) is 0. The van der Waals surface area contributed by atoms with Crippen LogP contribution in [0.5, 0.6) is 0 Å². The molecule has 0 atom stereocenters. The number of carboxylic acid groups (broad SMARTS) is 1. The fraction of sp³-hybridized carbons (Fsp3) is 0. The highest BCUT2D eigenvalue weighted by Crippen LogP contribution is 2.22. The summed E-state index contributed by atoms with van der Waals surface area (Å²) in [6.07, 6.45) is 0.778. The summed E-state index contributed by atoms with van der Waals surface area (Å²) >= 11 is 5.64. The van der Waals surface area contributed by atoms with Gasteiger partial charge in [0.25, 0.3) is 5.69 Å². The molecule has 6 heteroatoms. The molecule has 0 radical (unpaired) electrons. The molecule has 1 N–H and O–H groups in total. The van der Waals surface area contributed by atoms with E-state index < -0.39 is 10.9 Å². The summed E-state index contributed by atoms with van der Waals surface area (Å²) in [5.41, 5.74) is 0.165. The van der Waals surface area contributed by atoms with Gasteiger partial charge in [-0.3, -0.25) is 10.1 Å². The lowest BCUT2D eigenvalue weighted by molar-refractivity contribution is -0.384. The molecule has 78 valence electrons. The first kappa shape index (κ1) is 11.2. The maximum absolute atomic E-state index is 10.4. The van der Waals surface area contributed by atoms with Gasteiger partial charge in [-0.1, -0.05) is 23.7 Å². The molecule has 5 nitrogen and oxygen atoms in total. The number of carboxylic acids is 1. The molecule has 0 aliphatic carbocycles. The van der Waals surface area contributed by atoms with E-state index in [1.165, 1.54) is 24.3 Å². The summed E-state index contributed by atoms with van der Waals surface area (Å²) in [4.78, 5) is 20.2. The topological polar surface area (TPSA) is 80.4 Å². The van der Waals surface area contributed by atoms with E-state index in [-0.39, 0.29) is 10.7 Å². The Hall–Kier alpha value is -1.88. The second kappa shape index (κ2) is 4.56. The van der Waals surface area contributed by atoms with Crippen molar-refractivity contribution in [3.8, 4) is 0 Å². The van der Waals surface area contributed by atoms with Crippen molar-refractivity contribution in [2.75, 3.05) is 0 Å². The molecule has 0 saturated heterocycles. The maximum atomic E-state index is 10.4. The maximum Gasteiger partial charge on any atom is 0.329 e. The number of nitro groups is 1. The van der Waals surface area contributed by atoms with E-state index in [0.29, 0.717) is 5.56 Å². The smallest absolute Gasteiger partial charge is 0.329 e. The average Bonchev–Trinajstić information content (AvgIpc) is 2.17. The fourth-order valence-electron chi connectivity index (χ4n) is 0.960. The van der Waals surface area contributed by atoms with Crippen molar-refractivity contribution in [1.29, 1.82) is 0 Å². The minimum absolute atomic E-state index is 0.0498. The van der Waals surface area contributed by atoms with Gasteiger partial charge in [-0.15, -0.1) is 0 Å². The molecule has 0 fully saturated rings. The van der Waals surface area contributed by atoms with Crippen LogP contribution in [-0.4, -0.2) is 16.0 Å². The van der Waals surface area contributed by atoms with Crippen LogP contribution in [0.2, 0.25) is 0 Å². The van der Waals surface area contributed by atoms with Crippen LogP contribution in [0.25, 0.3) is 5.03 Å². The molecule has 0 spiro atoms. The summed E-state index contributed by atoms with van der Waals surface area (Å²) in [5, 5.41) is 18.8. The van der Waals surface area contributed by atoms with Crippen molar-refractivity contribution in [3.63, 3.8) is 0 Å². The van der Waals surface area contributed by atoms with Crippen molar-refractivity contribution in [3.05, 3.63) is 46.0 Å². The molecule has 0 aromatic heterocycles. The lowest BCUT2D eigenvalue weighted by Crippen LogP contribution is -1.91. The minimum atomic E-state index is -1.20. The lowest BCUT2D eigenvalue weighted by Gasteiger charge is -1.97. The molecular formula is C9H6ClNO4. The number of hydrogen-bond donors (Lipinski definition) is 1. The molecule has 0 bridgehead atoms. The van der Waals surface area contributed by atoms with Gasteiger partial charge in [0.1, 0.15) is 0 Å². The molecule has 0 saturated carbocycles. The first-order valence-electron chi connectivity index (χ1n) is 3.85. The van der Waals surface area contributed by atoms with E-state index in [1.54, 1.807) is 0 Å². The largest absolute Gasteiger partial charge is 0.478 e. The van der Waals surface area contributed by atoms with Crippen molar-refractivity contribution in [2.24, 2.45) is 0 Å². The van der Waals surface area contributed by atoms with Gasteiger partial charge in [-0.05, 0) is 0 Å². The SMILES string of the molecule is O=C(O)/C=C(/Cl)c1cccc([N+](=O)[O-])c1. The molecule has 0 aliphatic rings. The number of hydrogen-bond acceptors (Lipinski definition) is 3. The van der Waals surface area contributed by atoms with Crippen LogP contribution in [0.1, 0.15) is 5.56 Å². The molecule has 1 aromatic rings. The van der Waals surface area contributed by atoms with E-state index in [2.05, 4.69) is 0 Å². The average molecular weight is 228 g/mol. The standard InChI is InChI=1S/C9H6ClNO4/c10-8(5-9(12)13)6-2-1-3-7(4-6)11(14)15/h1-5H,(H,12,13)/b8-5+. The van der Waals surface area contributed by atoms with Gasteiger partial charge in [0.2, 0.25) is 0 Å². The Bertz CT molecular complexity index is 441. The van der Waals surface area contributed by atoms with Gasteiger partial charge < -0.3 is 5.11 Å². The molecule has 15 heavy (non-hydrogen) atoms. The minimum Gasteiger partial charge on any atom is -0.478 e. The Morgan fingerprint density at radius 2 is 2.20 bits per heavy atom. The van der Waals surface area contributed by atoms with Crippen LogP contribution in [0.15, 0.2) is 30.3 Å². The zero-order valence-electron chi connectivity index (χ0n) is 7.38. The number of non-ortho nitro benzene ring substituents is 1. The van der Waals surface area contributed by atoms with E-state index in [1.807, 2.05) is 0 Å². The normalized spacial score (nSPS) is 11.1. The third kappa shape index (κ3) is 3.07. The number of nitrogens with zero attached hydrogens (tertiary/aromatic N) is 1. The van der Waals surface area contributed by atoms with Gasteiger partial charge in [-0.25, -0.2) is 4.79 Å². The lowest BCUT2D eigenvalue weighted by atomic mass is 10.2. The van der Waals surface area contributed by atoms with E-state index in [4.69, 9.17) is 16.7 Å². The van der Waals surface area contributed by atoms with Crippen molar-refractivity contribution < 1.29 is 14.8 Å². The van der Waals surface area contributed by atoms with Gasteiger partial charge >= 0.3 is 5.97 Å². The summed E-state index contributed by atoms with van der Waals surface area (Å²) in [7, 11) is 0. The van der Waals surface area contributed by atoms with Crippen molar-refractivity contribution in [1.82, 2.24) is 0 Å². The number of halogens is 1. The molecule has 0 aliphatic heterocycles. The molecular weight excluding hydrogens is 222 g/mol. The molecule has 0 unspecified atom stereocenters. The summed E-state index contributed by atoms with van der Waals surface area (Å²) in [6, 6.07) is 5.44. The summed E-state index contributed by atoms with van der Waals surface area (Å²) in [5.74, 6) is -1.20. The number of rotatable bonds is 3. The Kier molecular flexibility index (Phi) is 3.41. The van der Waals surface area contributed by atoms with Gasteiger partial charge in [0.15, 0.2) is 0 Å². The second-order valence-electron chi connectivity index (χ2n) is 2.64. The Morgan fingerprint density at radius 1 is 1.53 bits per heavy atom. The highest BCUT2D eigenvalue weighted by molar-refractivity contribution is 6.50. The fourth-order valence-corrected chi connectivity index (χ4v) is 1.17. The van der Waals surface area contributed by atoms with Crippen molar-refractivity contribution >= 4 is 28.3 Å². The first-order chi connectivity index (χ1) is 7.00. The Morgan fingerprint density at radius 3 is 2.73 bits per heavy atom. The molecule has 0 amide bonds. The number of nitro benzene ring substituents is 1. The molecule has 1 rings (SSSR count). The number of benzene rings is 1. The molecule has 0 heterocycles. The van der Waals surface area contributed by atoms with Crippen LogP contribution in [0.3, 0.4) is 0 Å². The first-order valence-corrected chi connectivity index (χ1v) is 4.23. The number of carbonyl (C=O) groups is 1. The van der Waals surface area contributed by atoms with Crippen molar-refractivity contribution in [2.45, 2.75) is 0 Å². The van der Waals surface area contributed by atoms with Gasteiger partial charge in [0, 0.05) is 23.8 Å². The Labute approximate surface area is 89.7 Å². The highest BCUT2D eigenvalue weighted by Gasteiger charge is 2.08. The third-order valence-corrected chi connectivity index (χ3v) is 1.91. The monoisotopic (exact) mass is 227 g/mol. The van der Waals surface area contributed by atoms with Gasteiger partial charge in [-0.2, -0.15) is 0 Å². The number of aliphatic carboxylic acids is 1. The second-order valence-corrected chi connectivity index (χ2v) is 3.05. The van der Waals surface area contributed by atoms with Crippen LogP contribution in [0, 0.1) is 10.1 Å². The predicted molar refractivity (Wildman–Crippen MR) is 54.6 cm³/mol. The van der Waals surface area contributed by atoms with Crippen LogP contribution in [0.4, 0.5) is 5.69 Å². The zero-order valence-corrected chi connectivity index (χ0v) is 8.14. The molecule has 1 aromatic carbocycles. The van der Waals surface area contributed by atoms with Crippen LogP contribution >= 0.6 is 11.6 Å². The quantitative estimate of drug-likeness (QED) is 0.488. The third-order valence-electron chi connectivity index (χ3n) is 1.58. The predicted octanol–water partition coefficient (Wildman–Crippen LogP) is 2.26. The van der Waals surface area contributed by atoms with Gasteiger partial charge in [0.05, 0.1) is 9.96 Å². The van der Waals surface area contributed by atoms with Crippen LogP contribution in [-0.2, 0) is 4.79 Å².